The van der Waals surface area contributed by atoms with E-state index in [1.54, 1.807) is 30.3 Å². The van der Waals surface area contributed by atoms with Crippen LogP contribution in [-0.4, -0.2) is 17.1 Å². The Bertz CT molecular complexity index is 605. The van der Waals surface area contributed by atoms with Crippen LogP contribution >= 0.6 is 0 Å². The van der Waals surface area contributed by atoms with Gasteiger partial charge in [-0.15, -0.1) is 0 Å². The van der Waals surface area contributed by atoms with Gasteiger partial charge in [0, 0.05) is 23.0 Å². The molecule has 5 heteroatoms. The smallest absolute Gasteiger partial charge is 0.150 e. The molecule has 0 radical (unpaired) electrons. The summed E-state index contributed by atoms with van der Waals surface area (Å²) in [6, 6.07) is 8.66. The largest absolute Gasteiger partial charge is 0.398 e. The van der Waals surface area contributed by atoms with E-state index in [0.29, 0.717) is 22.5 Å². The molecule has 2 aromatic rings. The molecule has 2 rings (SSSR count). The number of carbonyl (C=O) groups is 1. The van der Waals surface area contributed by atoms with Crippen LogP contribution in [0.4, 0.5) is 5.69 Å². The van der Waals surface area contributed by atoms with Crippen LogP contribution in [0.25, 0.3) is 11.3 Å². The number of nitrogens with one attached hydrogen (secondary N) is 1. The number of nitrogen functional groups attached to an aromatic ring is 2. The van der Waals surface area contributed by atoms with Gasteiger partial charge in [-0.1, -0.05) is 24.3 Å². The number of nitrogens with two attached hydrogens (primary N) is 2. The molecule has 0 amide bonds. The molecule has 0 bridgehead atoms. The minimum absolute atomic E-state index is 0.108. The number of carbonyl (C=O) groups excluding carboxylic acids is 1. The number of benzene rings is 1. The normalized spacial score (nSPS) is 10.0. The highest BCUT2D eigenvalue weighted by atomic mass is 16.1. The highest BCUT2D eigenvalue weighted by molar-refractivity contribution is 6.00. The zero-order valence-electron chi connectivity index (χ0n) is 9.55. The maximum atomic E-state index is 10.6. The van der Waals surface area contributed by atoms with Crippen molar-refractivity contribution in [2.24, 2.45) is 5.73 Å². The Kier molecular flexibility index (Phi) is 3.05. The van der Waals surface area contributed by atoms with Crippen molar-refractivity contribution in [3.63, 3.8) is 0 Å². The van der Waals surface area contributed by atoms with E-state index in [9.17, 15) is 4.79 Å². The molecule has 90 valence electrons. The number of amidine groups is 1. The first-order valence-electron chi connectivity index (χ1n) is 5.27. The molecule has 0 spiro atoms. The average molecular weight is 240 g/mol. The minimum Gasteiger partial charge on any atom is -0.398 e. The number of anilines is 1. The predicted molar refractivity (Wildman–Crippen MR) is 70.5 cm³/mol. The maximum absolute atomic E-state index is 10.6. The van der Waals surface area contributed by atoms with Gasteiger partial charge in [0.2, 0.25) is 0 Å². The minimum atomic E-state index is -0.108. The molecule has 18 heavy (non-hydrogen) atoms. The number of aromatic nitrogens is 1. The fourth-order valence-corrected chi connectivity index (χ4v) is 1.59. The monoisotopic (exact) mass is 240 g/mol. The Morgan fingerprint density at radius 2 is 1.94 bits per heavy atom. The van der Waals surface area contributed by atoms with E-state index >= 15 is 0 Å². The van der Waals surface area contributed by atoms with E-state index < -0.39 is 0 Å². The summed E-state index contributed by atoms with van der Waals surface area (Å²) in [7, 11) is 0. The number of pyridine rings is 1. The lowest BCUT2D eigenvalue weighted by Gasteiger charge is -2.06. The van der Waals surface area contributed by atoms with Crippen molar-refractivity contribution in [2.75, 3.05) is 5.73 Å². The van der Waals surface area contributed by atoms with Crippen molar-refractivity contribution < 1.29 is 4.79 Å². The van der Waals surface area contributed by atoms with Crippen molar-refractivity contribution in [3.05, 3.63) is 47.7 Å². The van der Waals surface area contributed by atoms with Crippen LogP contribution in [0, 0.1) is 5.41 Å². The Labute approximate surface area is 104 Å². The lowest BCUT2D eigenvalue weighted by atomic mass is 10.1. The van der Waals surface area contributed by atoms with Crippen LogP contribution in [0.15, 0.2) is 36.5 Å². The van der Waals surface area contributed by atoms with Gasteiger partial charge in [0.05, 0.1) is 11.3 Å². The predicted octanol–water partition coefficient (Wildman–Crippen LogP) is 1.43. The van der Waals surface area contributed by atoms with E-state index in [2.05, 4.69) is 4.98 Å². The quantitative estimate of drug-likeness (QED) is 0.428. The fraction of sp³-hybridized carbons (Fsp3) is 0. The third kappa shape index (κ3) is 2.20. The maximum Gasteiger partial charge on any atom is 0.150 e. The zero-order valence-corrected chi connectivity index (χ0v) is 9.55. The van der Waals surface area contributed by atoms with Gasteiger partial charge in [0.1, 0.15) is 12.1 Å². The van der Waals surface area contributed by atoms with Gasteiger partial charge in [-0.3, -0.25) is 15.2 Å². The van der Waals surface area contributed by atoms with Crippen molar-refractivity contribution >= 4 is 17.8 Å². The van der Waals surface area contributed by atoms with Crippen LogP contribution in [0.2, 0.25) is 0 Å². The van der Waals surface area contributed by atoms with Gasteiger partial charge in [-0.25, -0.2) is 0 Å². The third-order valence-electron chi connectivity index (χ3n) is 2.57. The molecule has 0 aliphatic heterocycles. The van der Waals surface area contributed by atoms with E-state index in [4.69, 9.17) is 16.9 Å². The van der Waals surface area contributed by atoms with Gasteiger partial charge < -0.3 is 11.5 Å². The zero-order chi connectivity index (χ0) is 13.1. The fourth-order valence-electron chi connectivity index (χ4n) is 1.59. The molecule has 5 N–H and O–H groups in total. The van der Waals surface area contributed by atoms with Crippen LogP contribution < -0.4 is 11.5 Å². The Morgan fingerprint density at radius 1 is 1.28 bits per heavy atom. The van der Waals surface area contributed by atoms with Crippen LogP contribution in [0.1, 0.15) is 15.9 Å². The molecule has 0 aliphatic rings. The number of nitrogens with zero attached hydrogens (tertiary/aromatic N) is 1. The summed E-state index contributed by atoms with van der Waals surface area (Å²) < 4.78 is 0. The SMILES string of the molecule is N=C(N)c1cnc(-c2ccc(C=O)cc2)cc1N. The van der Waals surface area contributed by atoms with Crippen molar-refractivity contribution in [3.8, 4) is 11.3 Å². The molecule has 5 nitrogen and oxygen atoms in total. The molecule has 0 atom stereocenters. The van der Waals surface area contributed by atoms with Gasteiger partial charge in [0.25, 0.3) is 0 Å². The number of rotatable bonds is 3. The summed E-state index contributed by atoms with van der Waals surface area (Å²) in [4.78, 5) is 14.8. The van der Waals surface area contributed by atoms with Crippen LogP contribution in [0.5, 0.6) is 0 Å². The second kappa shape index (κ2) is 4.67. The molecular weight excluding hydrogens is 228 g/mol. The first-order chi connectivity index (χ1) is 8.61. The molecule has 0 unspecified atom stereocenters. The van der Waals surface area contributed by atoms with Gasteiger partial charge in [-0.2, -0.15) is 0 Å². The number of hydrogen-bond acceptors (Lipinski definition) is 4. The molecule has 0 saturated carbocycles. The Hall–Kier alpha value is -2.69. The van der Waals surface area contributed by atoms with E-state index in [0.717, 1.165) is 11.8 Å². The molecule has 1 aromatic carbocycles. The Morgan fingerprint density at radius 3 is 2.44 bits per heavy atom. The first-order valence-corrected chi connectivity index (χ1v) is 5.27. The molecular formula is C13H12N4O. The first kappa shape index (κ1) is 11.8. The summed E-state index contributed by atoms with van der Waals surface area (Å²) >= 11 is 0. The summed E-state index contributed by atoms with van der Waals surface area (Å²) in [6.07, 6.45) is 2.26. The van der Waals surface area contributed by atoms with E-state index in [1.807, 2.05) is 0 Å². The molecule has 0 fully saturated rings. The summed E-state index contributed by atoms with van der Waals surface area (Å²) in [5.74, 6) is -0.108. The Balaban J connectivity index is 2.41. The van der Waals surface area contributed by atoms with Gasteiger partial charge >= 0.3 is 0 Å². The van der Waals surface area contributed by atoms with Crippen LogP contribution in [-0.2, 0) is 0 Å². The standard InChI is InChI=1S/C13H12N4O/c14-11-5-12(17-6-10(11)13(15)16)9-3-1-8(7-18)2-4-9/h1-7H,(H2,14,17)(H3,15,16). The lowest BCUT2D eigenvalue weighted by Crippen LogP contribution is -2.14. The molecule has 1 heterocycles. The number of aldehydes is 1. The second-order valence-corrected chi connectivity index (χ2v) is 3.81. The lowest BCUT2D eigenvalue weighted by molar-refractivity contribution is 0.112. The molecule has 0 saturated heterocycles. The van der Waals surface area contributed by atoms with Gasteiger partial charge in [-0.05, 0) is 6.07 Å². The topological polar surface area (TPSA) is 106 Å². The van der Waals surface area contributed by atoms with Crippen molar-refractivity contribution in [1.82, 2.24) is 4.98 Å². The molecule has 0 aliphatic carbocycles. The van der Waals surface area contributed by atoms with E-state index in [1.165, 1.54) is 6.20 Å². The van der Waals surface area contributed by atoms with Crippen molar-refractivity contribution in [2.45, 2.75) is 0 Å². The number of hydrogen-bond donors (Lipinski definition) is 3. The van der Waals surface area contributed by atoms with Crippen molar-refractivity contribution in [1.29, 1.82) is 5.41 Å². The third-order valence-corrected chi connectivity index (χ3v) is 2.57. The highest BCUT2D eigenvalue weighted by Crippen LogP contribution is 2.21. The highest BCUT2D eigenvalue weighted by Gasteiger charge is 2.06. The van der Waals surface area contributed by atoms with Crippen LogP contribution in [0.3, 0.4) is 0 Å². The van der Waals surface area contributed by atoms with E-state index in [-0.39, 0.29) is 5.84 Å². The summed E-state index contributed by atoms with van der Waals surface area (Å²) in [6.45, 7) is 0. The molecule has 1 aromatic heterocycles. The summed E-state index contributed by atoms with van der Waals surface area (Å²) in [5, 5.41) is 7.32. The average Bonchev–Trinajstić information content (AvgIpc) is 2.38. The summed E-state index contributed by atoms with van der Waals surface area (Å²) in [5.41, 5.74) is 14.1. The second-order valence-electron chi connectivity index (χ2n) is 3.81. The van der Waals surface area contributed by atoms with Gasteiger partial charge in [0.15, 0.2) is 0 Å².